The summed E-state index contributed by atoms with van der Waals surface area (Å²) >= 11 is 0. The van der Waals surface area contributed by atoms with Crippen LogP contribution in [0.15, 0.2) is 35.9 Å². The number of rotatable bonds is 61. The summed E-state index contributed by atoms with van der Waals surface area (Å²) < 4.78 is 1.65. The van der Waals surface area contributed by atoms with Gasteiger partial charge in [0.25, 0.3) is 0 Å². The Morgan fingerprint density at radius 2 is 0.484 bits per heavy atom. The zero-order valence-corrected chi connectivity index (χ0v) is 64.1. The number of benzene rings is 2. The van der Waals surface area contributed by atoms with Gasteiger partial charge in [-0.15, -0.1) is 0 Å². The zero-order valence-electron chi connectivity index (χ0n) is 63.1. The van der Waals surface area contributed by atoms with Gasteiger partial charge >= 0.3 is 16.5 Å². The molecule has 0 unspecified atom stereocenters. The second-order valence-corrected chi connectivity index (χ2v) is 28.4. The van der Waals surface area contributed by atoms with Crippen molar-refractivity contribution in [3.05, 3.63) is 99.8 Å². The van der Waals surface area contributed by atoms with Gasteiger partial charge in [-0.2, -0.15) is 12.8 Å². The first-order chi connectivity index (χ1) is 44.3. The Kier molecular flexibility index (Phi) is 65.2. The van der Waals surface area contributed by atoms with Crippen molar-refractivity contribution in [2.24, 2.45) is 0 Å². The summed E-state index contributed by atoms with van der Waals surface area (Å²) in [6.45, 7) is 28.6. The number of hydrogen-bond donors (Lipinski definition) is 0. The molecule has 530 valence electrons. The fourth-order valence-corrected chi connectivity index (χ4v) is 13.9. The molecule has 1 aliphatic rings. The summed E-state index contributed by atoms with van der Waals surface area (Å²) in [5.74, 6) is 0. The third-order valence-electron chi connectivity index (χ3n) is 19.8. The van der Waals surface area contributed by atoms with Gasteiger partial charge in [-0.25, -0.2) is 4.70 Å². The Balaban J connectivity index is 0.00000200. The molecule has 0 spiro atoms. The molecule has 0 fully saturated rings. The standard InChI is InChI=1S/C56H92N2.2C16H33.Ni/c1-8-15-22-28-35-46-41-51(42-47(36-29-23-16-9-2)53(46)39-32-26-19-12-5)55-45-50(34-21-14-7)56(58(55)57)52-43-48(37-30-24-17-10-3)54(40-33-27-20-13-6)49(44-52)38-31-25-18-11-4;2*1-3-5-7-9-11-13-15-16-14-12-10-8-6-4-2;/h41-45H,8-40H2,1-7H3;2*1,3-16H2,2H3;/q;2*-1;+2. The van der Waals surface area contributed by atoms with Crippen molar-refractivity contribution in [2.75, 3.05) is 0 Å². The molecule has 0 aliphatic carbocycles. The summed E-state index contributed by atoms with van der Waals surface area (Å²) in [5, 5.41) is 0. The molecular weight excluding hydrogens is 1140 g/mol. The van der Waals surface area contributed by atoms with Crippen LogP contribution in [0.1, 0.15) is 460 Å². The van der Waals surface area contributed by atoms with Crippen LogP contribution < -0.4 is 0 Å². The second kappa shape index (κ2) is 66.6. The van der Waals surface area contributed by atoms with Crippen LogP contribution in [0.3, 0.4) is 0 Å². The maximum Gasteiger partial charge on any atom is 2.00 e. The van der Waals surface area contributed by atoms with Crippen LogP contribution in [0, 0.1) is 13.8 Å². The Hall–Kier alpha value is -1.99. The third-order valence-corrected chi connectivity index (χ3v) is 19.8. The molecule has 0 radical (unpaired) electrons. The van der Waals surface area contributed by atoms with E-state index in [1.165, 1.54) is 351 Å². The molecule has 3 heteroatoms. The minimum atomic E-state index is 0. The maximum absolute atomic E-state index is 12.6. The van der Waals surface area contributed by atoms with Gasteiger partial charge in [0.05, 0.1) is 0 Å². The van der Waals surface area contributed by atoms with Gasteiger partial charge in [0, 0.05) is 22.8 Å². The molecule has 1 heterocycles. The predicted molar refractivity (Wildman–Crippen MR) is 409 cm³/mol. The SMILES string of the molecule is CCCCCCc1cc(C2=CC(CCCC)=C(c3cc(CCCCCC)c(CCCCCC)c(CCCCCC)c3)[N+]2=[N-])cc(CCCCCC)c1CCCCCC.[CH2-]CCCCCCCCCCCCCCC.[CH2-]CCCCCCCCCCCCCCC.[Ni+2]. The van der Waals surface area contributed by atoms with E-state index in [2.05, 4.69) is 107 Å². The Labute approximate surface area is 582 Å². The van der Waals surface area contributed by atoms with E-state index < -0.39 is 0 Å². The van der Waals surface area contributed by atoms with Gasteiger partial charge in [-0.3, -0.25) is 0 Å². The van der Waals surface area contributed by atoms with E-state index in [4.69, 9.17) is 0 Å². The van der Waals surface area contributed by atoms with Crippen LogP contribution in [-0.4, -0.2) is 4.70 Å². The molecule has 2 aromatic rings. The van der Waals surface area contributed by atoms with Crippen LogP contribution in [-0.2, 0) is 55.0 Å². The van der Waals surface area contributed by atoms with Crippen molar-refractivity contribution < 1.29 is 21.2 Å². The molecule has 3 rings (SSSR count). The minimum Gasteiger partial charge on any atom is -0.493 e. The topological polar surface area (TPSA) is 25.3 Å². The molecule has 1 aliphatic heterocycles. The molecule has 0 bridgehead atoms. The summed E-state index contributed by atoms with van der Waals surface area (Å²) in [5.41, 5.74) is 28.0. The number of aryl methyl sites for hydroxylation is 4. The average Bonchev–Trinajstić information content (AvgIpc) is 1.71. The summed E-state index contributed by atoms with van der Waals surface area (Å²) in [7, 11) is 0. The zero-order chi connectivity index (χ0) is 65.6. The Bertz CT molecular complexity index is 1860. The molecule has 0 amide bonds. The van der Waals surface area contributed by atoms with Crippen molar-refractivity contribution in [2.45, 2.75) is 454 Å². The quantitative estimate of drug-likeness (QED) is 0.0273. The van der Waals surface area contributed by atoms with Gasteiger partial charge in [0.15, 0.2) is 0 Å². The second-order valence-electron chi connectivity index (χ2n) is 28.4. The van der Waals surface area contributed by atoms with E-state index in [9.17, 15) is 5.53 Å². The molecule has 0 N–H and O–H groups in total. The minimum absolute atomic E-state index is 0. The van der Waals surface area contributed by atoms with Crippen molar-refractivity contribution in [1.29, 1.82) is 0 Å². The fourth-order valence-electron chi connectivity index (χ4n) is 13.9. The van der Waals surface area contributed by atoms with E-state index >= 15 is 0 Å². The molecule has 0 aromatic heterocycles. The maximum atomic E-state index is 12.6. The van der Waals surface area contributed by atoms with E-state index in [-0.39, 0.29) is 16.5 Å². The molecule has 2 nitrogen and oxygen atoms in total. The van der Waals surface area contributed by atoms with Crippen molar-refractivity contribution in [3.8, 4) is 0 Å². The monoisotopic (exact) mass is 1300 g/mol. The number of nitrogens with zero attached hydrogens (tertiary/aromatic N) is 2. The molecule has 0 saturated carbocycles. The fraction of sp³-hybridized carbons (Fsp3) is 0.795. The van der Waals surface area contributed by atoms with Crippen LogP contribution in [0.2, 0.25) is 0 Å². The van der Waals surface area contributed by atoms with Gasteiger partial charge < -0.3 is 19.4 Å². The number of hydrogen-bond acceptors (Lipinski definition) is 0. The van der Waals surface area contributed by atoms with Crippen LogP contribution >= 0.6 is 0 Å². The van der Waals surface area contributed by atoms with Gasteiger partial charge in [-0.05, 0) is 148 Å². The van der Waals surface area contributed by atoms with E-state index in [0.717, 1.165) is 69.2 Å². The first-order valence-electron chi connectivity index (χ1n) is 41.1. The molecular formula is C88H158N2Ni. The van der Waals surface area contributed by atoms with Crippen LogP contribution in [0.5, 0.6) is 0 Å². The number of allylic oxidation sites excluding steroid dienone is 2. The summed E-state index contributed by atoms with van der Waals surface area (Å²) in [4.78, 5) is 0. The smallest absolute Gasteiger partial charge is 0.493 e. The third kappa shape index (κ3) is 45.2. The van der Waals surface area contributed by atoms with Gasteiger partial charge in [0.2, 0.25) is 11.4 Å². The Morgan fingerprint density at radius 3 is 0.736 bits per heavy atom. The van der Waals surface area contributed by atoms with Crippen molar-refractivity contribution in [3.63, 3.8) is 0 Å². The summed E-state index contributed by atoms with van der Waals surface area (Å²) in [6, 6.07) is 10.1. The molecule has 2 aromatic carbocycles. The van der Waals surface area contributed by atoms with Crippen molar-refractivity contribution >= 4 is 11.4 Å². The molecule has 0 atom stereocenters. The first-order valence-corrected chi connectivity index (χ1v) is 41.1. The van der Waals surface area contributed by atoms with E-state index in [0.29, 0.717) is 0 Å². The summed E-state index contributed by atoms with van der Waals surface area (Å²) in [6.07, 6.45) is 83.5. The Morgan fingerprint density at radius 1 is 0.264 bits per heavy atom. The van der Waals surface area contributed by atoms with Crippen LogP contribution in [0.25, 0.3) is 16.9 Å². The number of unbranched alkanes of at least 4 members (excludes halogenated alkanes) is 45. The van der Waals surface area contributed by atoms with Crippen molar-refractivity contribution in [1.82, 2.24) is 0 Å². The molecule has 91 heavy (non-hydrogen) atoms. The van der Waals surface area contributed by atoms with Gasteiger partial charge in [-0.1, -0.05) is 351 Å². The van der Waals surface area contributed by atoms with Crippen LogP contribution in [0.4, 0.5) is 0 Å². The average molecular weight is 1300 g/mol. The van der Waals surface area contributed by atoms with Gasteiger partial charge in [0.1, 0.15) is 0 Å². The predicted octanol–water partition coefficient (Wildman–Crippen LogP) is 31.0. The van der Waals surface area contributed by atoms with E-state index in [1.54, 1.807) is 38.1 Å². The molecule has 0 saturated heterocycles. The first kappa shape index (κ1) is 89.0. The normalized spacial score (nSPS) is 12.1. The largest absolute Gasteiger partial charge is 2.00 e. The van der Waals surface area contributed by atoms with E-state index in [1.807, 2.05) is 0 Å².